The summed E-state index contributed by atoms with van der Waals surface area (Å²) < 4.78 is 17.3. The van der Waals surface area contributed by atoms with Crippen LogP contribution in [0.15, 0.2) is 53.5 Å². The van der Waals surface area contributed by atoms with Crippen LogP contribution in [0.2, 0.25) is 0 Å². The van der Waals surface area contributed by atoms with Crippen LogP contribution in [0, 0.1) is 6.92 Å². The summed E-state index contributed by atoms with van der Waals surface area (Å²) >= 11 is 0. The second-order valence-corrected chi connectivity index (χ2v) is 7.58. The zero-order valence-electron chi connectivity index (χ0n) is 18.5. The van der Waals surface area contributed by atoms with Gasteiger partial charge in [0.05, 0.1) is 26.2 Å². The molecule has 2 heterocycles. The number of esters is 1. The molecule has 3 aromatic rings. The molecule has 3 rings (SSSR count). The number of ether oxygens (including phenoxy) is 3. The monoisotopic (exact) mass is 438 g/mol. The Hall–Kier alpha value is -3.81. The fourth-order valence-corrected chi connectivity index (χ4v) is 3.40. The Kier molecular flexibility index (Phi) is 6.82. The Bertz CT molecular complexity index is 1230. The van der Waals surface area contributed by atoms with Crippen molar-refractivity contribution in [3.8, 4) is 17.4 Å². The fourth-order valence-electron chi connectivity index (χ4n) is 3.40. The number of pyridine rings is 1. The van der Waals surface area contributed by atoms with E-state index in [-0.39, 0.29) is 12.0 Å². The van der Waals surface area contributed by atoms with Crippen LogP contribution < -0.4 is 15.0 Å². The highest BCUT2D eigenvalue weighted by molar-refractivity contribution is 5.71. The standard InChI is InChI=1S/C24H26N2O6/c1-14(2)13-32-18-7-6-16(11-19(18)30-4)17(12-21(27)31-5)22-23(28)25-20-10-15(3)8-9-26(20)24(22)29/h6-11,17,28H,1,12-13H2,2-5H3/t17-/m0/s1. The molecule has 168 valence electrons. The molecule has 0 saturated heterocycles. The zero-order chi connectivity index (χ0) is 23.4. The van der Waals surface area contributed by atoms with Crippen LogP contribution in [-0.2, 0) is 9.53 Å². The Labute approximate surface area is 185 Å². The third-order valence-electron chi connectivity index (χ3n) is 5.01. The largest absolute Gasteiger partial charge is 0.493 e. The van der Waals surface area contributed by atoms with E-state index in [1.807, 2.05) is 13.8 Å². The van der Waals surface area contributed by atoms with E-state index in [9.17, 15) is 14.7 Å². The van der Waals surface area contributed by atoms with Crippen molar-refractivity contribution in [1.82, 2.24) is 9.38 Å². The van der Waals surface area contributed by atoms with Gasteiger partial charge in [0.25, 0.3) is 5.56 Å². The molecule has 0 aliphatic rings. The summed E-state index contributed by atoms with van der Waals surface area (Å²) in [4.78, 5) is 29.7. The third-order valence-corrected chi connectivity index (χ3v) is 5.01. The molecule has 0 aliphatic carbocycles. The van der Waals surface area contributed by atoms with E-state index in [1.54, 1.807) is 36.5 Å². The molecular formula is C24H26N2O6. The van der Waals surface area contributed by atoms with Crippen molar-refractivity contribution in [2.24, 2.45) is 0 Å². The molecule has 0 saturated carbocycles. The first-order valence-electron chi connectivity index (χ1n) is 9.99. The van der Waals surface area contributed by atoms with Crippen LogP contribution in [0.1, 0.15) is 36.0 Å². The van der Waals surface area contributed by atoms with Gasteiger partial charge in [-0.2, -0.15) is 4.98 Å². The van der Waals surface area contributed by atoms with Crippen molar-refractivity contribution in [3.63, 3.8) is 0 Å². The van der Waals surface area contributed by atoms with Gasteiger partial charge in [0.2, 0.25) is 5.88 Å². The van der Waals surface area contributed by atoms with E-state index >= 15 is 0 Å². The van der Waals surface area contributed by atoms with Gasteiger partial charge in [0.15, 0.2) is 11.5 Å². The Morgan fingerprint density at radius 2 is 1.97 bits per heavy atom. The van der Waals surface area contributed by atoms with Crippen LogP contribution in [-0.4, -0.2) is 41.3 Å². The molecule has 1 aromatic carbocycles. The van der Waals surface area contributed by atoms with Gasteiger partial charge in [-0.3, -0.25) is 14.0 Å². The first-order valence-corrected chi connectivity index (χ1v) is 9.99. The lowest BCUT2D eigenvalue weighted by Crippen LogP contribution is -2.24. The molecule has 32 heavy (non-hydrogen) atoms. The Morgan fingerprint density at radius 1 is 1.22 bits per heavy atom. The van der Waals surface area contributed by atoms with E-state index in [2.05, 4.69) is 11.6 Å². The number of methoxy groups -OCH3 is 2. The maximum absolute atomic E-state index is 13.3. The van der Waals surface area contributed by atoms with Gasteiger partial charge in [-0.15, -0.1) is 0 Å². The average Bonchev–Trinajstić information content (AvgIpc) is 2.76. The number of hydrogen-bond donors (Lipinski definition) is 1. The average molecular weight is 438 g/mol. The van der Waals surface area contributed by atoms with Crippen LogP contribution in [0.5, 0.6) is 17.4 Å². The number of hydrogen-bond acceptors (Lipinski definition) is 7. The van der Waals surface area contributed by atoms with E-state index < -0.39 is 23.3 Å². The van der Waals surface area contributed by atoms with Gasteiger partial charge in [-0.25, -0.2) is 0 Å². The highest BCUT2D eigenvalue weighted by Gasteiger charge is 2.28. The van der Waals surface area contributed by atoms with Crippen molar-refractivity contribution >= 4 is 11.6 Å². The Morgan fingerprint density at radius 3 is 2.62 bits per heavy atom. The smallest absolute Gasteiger partial charge is 0.306 e. The molecule has 1 atom stereocenters. The summed E-state index contributed by atoms with van der Waals surface area (Å²) in [5.41, 5.74) is 2.14. The molecule has 0 aliphatic heterocycles. The molecule has 0 unspecified atom stereocenters. The molecule has 2 aromatic heterocycles. The number of aromatic nitrogens is 2. The molecule has 8 nitrogen and oxygen atoms in total. The van der Waals surface area contributed by atoms with E-state index in [4.69, 9.17) is 14.2 Å². The summed E-state index contributed by atoms with van der Waals surface area (Å²) in [7, 11) is 2.76. The maximum atomic E-state index is 13.3. The lowest BCUT2D eigenvalue weighted by molar-refractivity contribution is -0.140. The molecule has 0 amide bonds. The van der Waals surface area contributed by atoms with Crippen molar-refractivity contribution in [2.75, 3.05) is 20.8 Å². The van der Waals surface area contributed by atoms with Crippen molar-refractivity contribution < 1.29 is 24.1 Å². The number of carbonyl (C=O) groups excluding carboxylic acids is 1. The van der Waals surface area contributed by atoms with E-state index in [1.165, 1.54) is 18.6 Å². The van der Waals surface area contributed by atoms with Crippen molar-refractivity contribution in [1.29, 1.82) is 0 Å². The first-order chi connectivity index (χ1) is 15.2. The summed E-state index contributed by atoms with van der Waals surface area (Å²) in [5, 5.41) is 10.7. The number of aryl methyl sites for hydroxylation is 1. The highest BCUT2D eigenvalue weighted by atomic mass is 16.5. The van der Waals surface area contributed by atoms with Crippen molar-refractivity contribution in [2.45, 2.75) is 26.2 Å². The third kappa shape index (κ3) is 4.74. The minimum atomic E-state index is -0.815. The number of aromatic hydroxyl groups is 1. The normalized spacial score (nSPS) is 11.8. The van der Waals surface area contributed by atoms with Gasteiger partial charge in [0.1, 0.15) is 12.3 Å². The van der Waals surface area contributed by atoms with Crippen LogP contribution in [0.25, 0.3) is 5.65 Å². The van der Waals surface area contributed by atoms with E-state index in [0.29, 0.717) is 29.3 Å². The van der Waals surface area contributed by atoms with Crippen molar-refractivity contribution in [3.05, 3.63) is 75.7 Å². The molecule has 0 spiro atoms. The molecule has 0 bridgehead atoms. The van der Waals surface area contributed by atoms with Crippen LogP contribution in [0.4, 0.5) is 0 Å². The first kappa shape index (κ1) is 22.9. The predicted octanol–water partition coefficient (Wildman–Crippen LogP) is 3.37. The molecule has 0 radical (unpaired) electrons. The minimum absolute atomic E-state index is 0.00518. The fraction of sp³-hybridized carbons (Fsp3) is 0.292. The number of carbonyl (C=O) groups is 1. The van der Waals surface area contributed by atoms with Crippen LogP contribution in [0.3, 0.4) is 0 Å². The Balaban J connectivity index is 2.16. The number of rotatable bonds is 8. The molecular weight excluding hydrogens is 412 g/mol. The molecule has 8 heteroatoms. The lowest BCUT2D eigenvalue weighted by atomic mass is 9.89. The molecule has 0 fully saturated rings. The molecule has 1 N–H and O–H groups in total. The minimum Gasteiger partial charge on any atom is -0.493 e. The van der Waals surface area contributed by atoms with E-state index in [0.717, 1.165) is 11.1 Å². The quantitative estimate of drug-likeness (QED) is 0.425. The summed E-state index contributed by atoms with van der Waals surface area (Å²) in [6, 6.07) is 8.53. The number of benzene rings is 1. The summed E-state index contributed by atoms with van der Waals surface area (Å²) in [5.74, 6) is -0.878. The van der Waals surface area contributed by atoms with Gasteiger partial charge in [-0.05, 0) is 54.8 Å². The maximum Gasteiger partial charge on any atom is 0.306 e. The van der Waals surface area contributed by atoms with Crippen LogP contribution >= 0.6 is 0 Å². The second-order valence-electron chi connectivity index (χ2n) is 7.58. The summed E-state index contributed by atoms with van der Waals surface area (Å²) in [6.45, 7) is 7.84. The number of fused-ring (bicyclic) bond motifs is 1. The topological polar surface area (TPSA) is 99.4 Å². The second kappa shape index (κ2) is 9.55. The van der Waals surface area contributed by atoms with Gasteiger partial charge < -0.3 is 19.3 Å². The van der Waals surface area contributed by atoms with Gasteiger partial charge in [0, 0.05) is 12.1 Å². The lowest BCUT2D eigenvalue weighted by Gasteiger charge is -2.19. The predicted molar refractivity (Wildman–Crippen MR) is 120 cm³/mol. The number of nitrogens with zero attached hydrogens (tertiary/aromatic N) is 2. The zero-order valence-corrected chi connectivity index (χ0v) is 18.5. The summed E-state index contributed by atoms with van der Waals surface area (Å²) in [6.07, 6.45) is 1.42. The van der Waals surface area contributed by atoms with Gasteiger partial charge in [-0.1, -0.05) is 12.6 Å². The van der Waals surface area contributed by atoms with Gasteiger partial charge >= 0.3 is 5.97 Å². The highest BCUT2D eigenvalue weighted by Crippen LogP contribution is 2.36. The SMILES string of the molecule is C=C(C)COc1ccc([C@H](CC(=O)OC)c2c(O)nc3cc(C)ccn3c2=O)cc1OC.